The second-order valence-corrected chi connectivity index (χ2v) is 7.48. The van der Waals surface area contributed by atoms with Crippen molar-refractivity contribution in [1.29, 1.82) is 0 Å². The molecule has 1 heterocycles. The predicted molar refractivity (Wildman–Crippen MR) is 84.8 cm³/mol. The molecule has 0 radical (unpaired) electrons. The van der Waals surface area contributed by atoms with Crippen molar-refractivity contribution in [2.24, 2.45) is 0 Å². The Morgan fingerprint density at radius 2 is 1.82 bits per heavy atom. The van der Waals surface area contributed by atoms with Gasteiger partial charge in [-0.05, 0) is 29.8 Å². The van der Waals surface area contributed by atoms with Crippen molar-refractivity contribution in [3.8, 4) is 0 Å². The van der Waals surface area contributed by atoms with E-state index < -0.39 is 16.0 Å². The number of halogens is 1. The van der Waals surface area contributed by atoms with Crippen molar-refractivity contribution in [3.05, 3.63) is 58.6 Å². The number of hydrogen-bond donors (Lipinski definition) is 2. The summed E-state index contributed by atoms with van der Waals surface area (Å²) in [5.74, 6) is -0.297. The fourth-order valence-corrected chi connectivity index (χ4v) is 3.30. The molecule has 114 valence electrons. The minimum Gasteiger partial charge on any atom is -0.361 e. The molecule has 7 heteroatoms. The van der Waals surface area contributed by atoms with E-state index in [9.17, 15) is 13.2 Å². The number of benzene rings is 2. The third-order valence-corrected chi connectivity index (χ3v) is 4.86. The van der Waals surface area contributed by atoms with Crippen LogP contribution < -0.4 is 10.6 Å². The number of sulfone groups is 1. The fourth-order valence-electron chi connectivity index (χ4n) is 2.36. The van der Waals surface area contributed by atoms with E-state index in [1.807, 2.05) is 0 Å². The van der Waals surface area contributed by atoms with Gasteiger partial charge in [0.2, 0.25) is 0 Å². The summed E-state index contributed by atoms with van der Waals surface area (Å²) in [5.41, 5.74) is 1.66. The lowest BCUT2D eigenvalue weighted by atomic mass is 10.1. The zero-order valence-corrected chi connectivity index (χ0v) is 13.2. The number of anilines is 1. The molecule has 1 amide bonds. The van der Waals surface area contributed by atoms with Gasteiger partial charge in [-0.2, -0.15) is 0 Å². The lowest BCUT2D eigenvalue weighted by Crippen LogP contribution is -2.38. The van der Waals surface area contributed by atoms with Crippen molar-refractivity contribution >= 4 is 33.0 Å². The maximum Gasteiger partial charge on any atom is 0.256 e. The Kier molecular flexibility index (Phi) is 3.58. The first-order chi connectivity index (χ1) is 10.4. The van der Waals surface area contributed by atoms with Crippen LogP contribution in [0.4, 0.5) is 5.69 Å². The third kappa shape index (κ3) is 2.67. The minimum atomic E-state index is -3.31. The highest BCUT2D eigenvalue weighted by molar-refractivity contribution is 7.90. The molecule has 0 aliphatic carbocycles. The van der Waals surface area contributed by atoms with E-state index in [-0.39, 0.29) is 10.8 Å². The van der Waals surface area contributed by atoms with Crippen molar-refractivity contribution in [1.82, 2.24) is 5.32 Å². The Balaban J connectivity index is 2.00. The van der Waals surface area contributed by atoms with Crippen LogP contribution in [0.25, 0.3) is 0 Å². The highest BCUT2D eigenvalue weighted by Crippen LogP contribution is 2.31. The van der Waals surface area contributed by atoms with Gasteiger partial charge in [0, 0.05) is 6.26 Å². The second-order valence-electron chi connectivity index (χ2n) is 5.06. The van der Waals surface area contributed by atoms with E-state index in [1.54, 1.807) is 36.4 Å². The first kappa shape index (κ1) is 14.9. The molecule has 0 fully saturated rings. The van der Waals surface area contributed by atoms with Crippen molar-refractivity contribution < 1.29 is 13.2 Å². The van der Waals surface area contributed by atoms with E-state index in [4.69, 9.17) is 11.6 Å². The van der Waals surface area contributed by atoms with Crippen LogP contribution in [0.1, 0.15) is 22.1 Å². The maximum atomic E-state index is 12.2. The number of fused-ring (bicyclic) bond motifs is 1. The largest absolute Gasteiger partial charge is 0.361 e. The summed E-state index contributed by atoms with van der Waals surface area (Å²) in [6, 6.07) is 11.6. The molecule has 1 aliphatic heterocycles. The zero-order chi connectivity index (χ0) is 15.9. The summed E-state index contributed by atoms with van der Waals surface area (Å²) >= 11 is 6.04. The number of rotatable bonds is 2. The van der Waals surface area contributed by atoms with Crippen LogP contribution >= 0.6 is 11.6 Å². The normalized spacial score (nSPS) is 17.4. The lowest BCUT2D eigenvalue weighted by Gasteiger charge is -2.28. The topological polar surface area (TPSA) is 75.3 Å². The molecular weight excluding hydrogens is 324 g/mol. The van der Waals surface area contributed by atoms with E-state index in [0.29, 0.717) is 21.8 Å². The van der Waals surface area contributed by atoms with E-state index in [0.717, 1.165) is 6.26 Å². The van der Waals surface area contributed by atoms with Gasteiger partial charge in [0.1, 0.15) is 6.17 Å². The average molecular weight is 337 g/mol. The van der Waals surface area contributed by atoms with Crippen molar-refractivity contribution in [2.75, 3.05) is 11.6 Å². The molecule has 2 aromatic carbocycles. The van der Waals surface area contributed by atoms with E-state index >= 15 is 0 Å². The van der Waals surface area contributed by atoms with Crippen LogP contribution in [0.3, 0.4) is 0 Å². The summed E-state index contributed by atoms with van der Waals surface area (Å²) in [4.78, 5) is 12.4. The van der Waals surface area contributed by atoms with Crippen LogP contribution in [0, 0.1) is 0 Å². The Bertz CT molecular complexity index is 865. The van der Waals surface area contributed by atoms with Crippen LogP contribution in [-0.4, -0.2) is 20.6 Å². The average Bonchev–Trinajstić information content (AvgIpc) is 2.46. The molecule has 2 aromatic rings. The van der Waals surface area contributed by atoms with Crippen LogP contribution in [-0.2, 0) is 9.84 Å². The van der Waals surface area contributed by atoms with Crippen LogP contribution in [0.5, 0.6) is 0 Å². The third-order valence-electron chi connectivity index (χ3n) is 3.44. The number of hydrogen-bond acceptors (Lipinski definition) is 4. The van der Waals surface area contributed by atoms with Gasteiger partial charge in [0.25, 0.3) is 5.91 Å². The first-order valence-corrected chi connectivity index (χ1v) is 8.79. The molecule has 3 rings (SSSR count). The van der Waals surface area contributed by atoms with Gasteiger partial charge in [-0.3, -0.25) is 4.79 Å². The number of carbonyl (C=O) groups excluding carboxylic acids is 1. The predicted octanol–water partition coefficient (Wildman–Crippen LogP) is 2.60. The van der Waals surface area contributed by atoms with Crippen molar-refractivity contribution in [3.63, 3.8) is 0 Å². The number of amides is 1. The minimum absolute atomic E-state index is 0.206. The highest BCUT2D eigenvalue weighted by Gasteiger charge is 2.26. The van der Waals surface area contributed by atoms with E-state index in [1.165, 1.54) is 6.07 Å². The van der Waals surface area contributed by atoms with Gasteiger partial charge >= 0.3 is 0 Å². The monoisotopic (exact) mass is 336 g/mol. The maximum absolute atomic E-state index is 12.2. The molecule has 2 N–H and O–H groups in total. The summed E-state index contributed by atoms with van der Waals surface area (Å²) in [5, 5.41) is 6.30. The van der Waals surface area contributed by atoms with Gasteiger partial charge in [0.15, 0.2) is 9.84 Å². The van der Waals surface area contributed by atoms with Crippen LogP contribution in [0.15, 0.2) is 47.4 Å². The molecule has 22 heavy (non-hydrogen) atoms. The van der Waals surface area contributed by atoms with Gasteiger partial charge in [-0.1, -0.05) is 29.8 Å². The quantitative estimate of drug-likeness (QED) is 0.884. The smallest absolute Gasteiger partial charge is 0.256 e. The van der Waals surface area contributed by atoms with Gasteiger partial charge < -0.3 is 10.6 Å². The molecular formula is C15H13ClN2O3S. The van der Waals surface area contributed by atoms with Gasteiger partial charge in [0.05, 0.1) is 21.2 Å². The molecule has 5 nitrogen and oxygen atoms in total. The van der Waals surface area contributed by atoms with Crippen LogP contribution in [0.2, 0.25) is 5.02 Å². The summed E-state index contributed by atoms with van der Waals surface area (Å²) in [6.07, 6.45) is 0.633. The molecule has 0 saturated carbocycles. The van der Waals surface area contributed by atoms with E-state index in [2.05, 4.69) is 10.6 Å². The molecule has 1 unspecified atom stereocenters. The molecule has 1 aliphatic rings. The molecule has 0 aromatic heterocycles. The molecule has 1 atom stereocenters. The Morgan fingerprint density at radius 3 is 2.55 bits per heavy atom. The summed E-state index contributed by atoms with van der Waals surface area (Å²) in [6.45, 7) is 0. The molecule has 0 bridgehead atoms. The Hall–Kier alpha value is -2.05. The van der Waals surface area contributed by atoms with Gasteiger partial charge in [-0.25, -0.2) is 8.42 Å². The first-order valence-electron chi connectivity index (χ1n) is 6.52. The Labute approximate surface area is 133 Å². The lowest BCUT2D eigenvalue weighted by molar-refractivity contribution is 0.0936. The summed E-state index contributed by atoms with van der Waals surface area (Å²) < 4.78 is 23.3. The second kappa shape index (κ2) is 5.30. The molecule has 0 saturated heterocycles. The van der Waals surface area contributed by atoms with Crippen molar-refractivity contribution in [2.45, 2.75) is 11.1 Å². The zero-order valence-electron chi connectivity index (χ0n) is 11.6. The fraction of sp³-hybridized carbons (Fsp3) is 0.133. The SMILES string of the molecule is CS(=O)(=O)c1cccc(C2NC(=O)c3c(Cl)cccc3N2)c1. The number of carbonyl (C=O) groups is 1. The standard InChI is InChI=1S/C15H13ClN2O3S/c1-22(20,21)10-5-2-4-9(8-10)14-17-12-7-3-6-11(16)13(12)15(19)18-14/h2-8,14,17H,1H3,(H,18,19). The number of nitrogens with one attached hydrogen (secondary N) is 2. The van der Waals surface area contributed by atoms with Gasteiger partial charge in [-0.15, -0.1) is 0 Å². The molecule has 0 spiro atoms. The highest BCUT2D eigenvalue weighted by atomic mass is 35.5. The Morgan fingerprint density at radius 1 is 1.09 bits per heavy atom. The summed E-state index contributed by atoms with van der Waals surface area (Å²) in [7, 11) is -3.31.